The van der Waals surface area contributed by atoms with E-state index in [1.165, 1.54) is 74.5 Å². The van der Waals surface area contributed by atoms with Gasteiger partial charge in [-0.2, -0.15) is 0 Å². The maximum Gasteiger partial charge on any atom is 0.119 e. The first-order valence-electron chi connectivity index (χ1n) is 12.5. The Morgan fingerprint density at radius 2 is 1.57 bits per heavy atom. The lowest BCUT2D eigenvalue weighted by Gasteiger charge is -2.22. The molecular formula is C29H42O. The summed E-state index contributed by atoms with van der Waals surface area (Å²) < 4.78 is 6.01. The quantitative estimate of drug-likeness (QED) is 0.339. The van der Waals surface area contributed by atoms with Crippen LogP contribution in [0.2, 0.25) is 0 Å². The number of ether oxygens (including phenoxy) is 1. The van der Waals surface area contributed by atoms with Gasteiger partial charge >= 0.3 is 0 Å². The third-order valence-corrected chi connectivity index (χ3v) is 7.15. The van der Waals surface area contributed by atoms with Crippen molar-refractivity contribution in [1.82, 2.24) is 0 Å². The Labute approximate surface area is 185 Å². The Morgan fingerprint density at radius 1 is 0.867 bits per heavy atom. The van der Waals surface area contributed by atoms with Crippen LogP contribution in [0.1, 0.15) is 107 Å². The van der Waals surface area contributed by atoms with Gasteiger partial charge in [0.25, 0.3) is 0 Å². The molecule has 2 unspecified atom stereocenters. The number of benzene rings is 2. The van der Waals surface area contributed by atoms with Crippen molar-refractivity contribution in [1.29, 1.82) is 0 Å². The van der Waals surface area contributed by atoms with Crippen LogP contribution in [0.3, 0.4) is 0 Å². The molecule has 0 saturated heterocycles. The van der Waals surface area contributed by atoms with Gasteiger partial charge in [-0.25, -0.2) is 0 Å². The maximum atomic E-state index is 6.01. The van der Waals surface area contributed by atoms with Crippen LogP contribution in [-0.2, 0) is 6.42 Å². The third kappa shape index (κ3) is 7.18. The van der Waals surface area contributed by atoms with E-state index in [9.17, 15) is 0 Å². The van der Waals surface area contributed by atoms with E-state index >= 15 is 0 Å². The monoisotopic (exact) mass is 406 g/mol. The van der Waals surface area contributed by atoms with Gasteiger partial charge in [-0.15, -0.1) is 0 Å². The number of aryl methyl sites for hydroxylation is 1. The molecule has 1 saturated carbocycles. The first-order chi connectivity index (χ1) is 14.7. The molecule has 0 aromatic heterocycles. The highest BCUT2D eigenvalue weighted by Crippen LogP contribution is 2.33. The zero-order valence-electron chi connectivity index (χ0n) is 19.5. The normalized spacial score (nSPS) is 16.9. The maximum absolute atomic E-state index is 6.01. The zero-order valence-corrected chi connectivity index (χ0v) is 19.5. The van der Waals surface area contributed by atoms with Crippen molar-refractivity contribution in [2.75, 3.05) is 6.61 Å². The third-order valence-electron chi connectivity index (χ3n) is 7.15. The molecule has 1 aliphatic rings. The van der Waals surface area contributed by atoms with Crippen LogP contribution in [0.15, 0.2) is 48.5 Å². The van der Waals surface area contributed by atoms with Crippen molar-refractivity contribution in [2.45, 2.75) is 96.8 Å². The molecule has 0 radical (unpaired) electrons. The van der Waals surface area contributed by atoms with E-state index in [1.54, 1.807) is 0 Å². The lowest BCUT2D eigenvalue weighted by molar-refractivity contribution is 0.292. The zero-order chi connectivity index (χ0) is 21.2. The van der Waals surface area contributed by atoms with Gasteiger partial charge in [0.05, 0.1) is 6.61 Å². The second-order valence-corrected chi connectivity index (χ2v) is 9.59. The largest absolute Gasteiger partial charge is 0.494 e. The molecule has 30 heavy (non-hydrogen) atoms. The van der Waals surface area contributed by atoms with E-state index in [4.69, 9.17) is 4.74 Å². The predicted octanol–water partition coefficient (Wildman–Crippen LogP) is 8.68. The minimum absolute atomic E-state index is 0.668. The minimum Gasteiger partial charge on any atom is -0.494 e. The summed E-state index contributed by atoms with van der Waals surface area (Å²) in [7, 11) is 0. The fourth-order valence-electron chi connectivity index (χ4n) is 4.70. The summed E-state index contributed by atoms with van der Waals surface area (Å²) in [6, 6.07) is 18.2. The average Bonchev–Trinajstić information content (AvgIpc) is 2.81. The van der Waals surface area contributed by atoms with Gasteiger partial charge in [-0.05, 0) is 91.5 Å². The fourth-order valence-corrected chi connectivity index (χ4v) is 4.70. The van der Waals surface area contributed by atoms with E-state index < -0.39 is 0 Å². The lowest BCUT2D eigenvalue weighted by Crippen LogP contribution is -2.05. The molecule has 1 heteroatoms. The molecule has 1 aliphatic carbocycles. The van der Waals surface area contributed by atoms with E-state index in [0.717, 1.165) is 30.6 Å². The van der Waals surface area contributed by atoms with Gasteiger partial charge in [-0.1, -0.05) is 76.4 Å². The molecule has 2 aromatic carbocycles. The molecule has 0 spiro atoms. The van der Waals surface area contributed by atoms with E-state index in [1.807, 2.05) is 0 Å². The molecule has 0 amide bonds. The summed E-state index contributed by atoms with van der Waals surface area (Å²) in [6.07, 6.45) is 13.0. The van der Waals surface area contributed by atoms with Crippen molar-refractivity contribution >= 4 is 0 Å². The van der Waals surface area contributed by atoms with Crippen LogP contribution in [-0.4, -0.2) is 6.61 Å². The van der Waals surface area contributed by atoms with Gasteiger partial charge in [0.2, 0.25) is 0 Å². The number of hydrogen-bond donors (Lipinski definition) is 0. The van der Waals surface area contributed by atoms with Crippen LogP contribution in [0.4, 0.5) is 0 Å². The minimum atomic E-state index is 0.668. The molecule has 1 nitrogen and oxygen atoms in total. The highest BCUT2D eigenvalue weighted by molar-refractivity contribution is 5.29. The van der Waals surface area contributed by atoms with E-state index in [2.05, 4.69) is 69.3 Å². The van der Waals surface area contributed by atoms with Crippen molar-refractivity contribution in [2.24, 2.45) is 5.92 Å². The number of hydrogen-bond acceptors (Lipinski definition) is 1. The molecule has 0 N–H and O–H groups in total. The Bertz CT molecular complexity index is 709. The SMILES string of the molecule is CCC(C)c1ccc(CCC(C)CCCOc2ccc(C3CCCCC3)cc2)cc1. The van der Waals surface area contributed by atoms with Gasteiger partial charge < -0.3 is 4.74 Å². The van der Waals surface area contributed by atoms with Crippen molar-refractivity contribution in [3.8, 4) is 5.75 Å². The Kier molecular flexibility index (Phi) is 9.30. The molecule has 3 rings (SSSR count). The van der Waals surface area contributed by atoms with Crippen molar-refractivity contribution in [3.63, 3.8) is 0 Å². The molecule has 0 heterocycles. The highest BCUT2D eigenvalue weighted by atomic mass is 16.5. The standard InChI is InChI=1S/C29H42O/c1-4-24(3)26-16-14-25(15-17-26)13-12-23(2)9-8-22-30-29-20-18-28(19-21-29)27-10-6-5-7-11-27/h14-21,23-24,27H,4-13,22H2,1-3H3. The van der Waals surface area contributed by atoms with E-state index in [0.29, 0.717) is 5.92 Å². The fraction of sp³-hybridized carbons (Fsp3) is 0.586. The molecule has 1 fully saturated rings. The first kappa shape index (κ1) is 22.9. The Balaban J connectivity index is 1.31. The van der Waals surface area contributed by atoms with Gasteiger partial charge in [0.15, 0.2) is 0 Å². The van der Waals surface area contributed by atoms with Crippen LogP contribution < -0.4 is 4.74 Å². The number of rotatable bonds is 11. The molecule has 164 valence electrons. The first-order valence-corrected chi connectivity index (χ1v) is 12.5. The molecule has 0 bridgehead atoms. The van der Waals surface area contributed by atoms with E-state index in [-0.39, 0.29) is 0 Å². The summed E-state index contributed by atoms with van der Waals surface area (Å²) in [5.74, 6) is 3.22. The van der Waals surface area contributed by atoms with Gasteiger partial charge in [0, 0.05) is 0 Å². The summed E-state index contributed by atoms with van der Waals surface area (Å²) >= 11 is 0. The Morgan fingerprint density at radius 3 is 2.23 bits per heavy atom. The summed E-state index contributed by atoms with van der Waals surface area (Å²) in [6.45, 7) is 7.78. The van der Waals surface area contributed by atoms with Crippen molar-refractivity contribution < 1.29 is 4.74 Å². The van der Waals surface area contributed by atoms with Gasteiger partial charge in [0.1, 0.15) is 5.75 Å². The van der Waals surface area contributed by atoms with Crippen LogP contribution in [0.25, 0.3) is 0 Å². The average molecular weight is 407 g/mol. The molecular weight excluding hydrogens is 364 g/mol. The lowest BCUT2D eigenvalue weighted by atomic mass is 9.84. The van der Waals surface area contributed by atoms with Crippen LogP contribution in [0, 0.1) is 5.92 Å². The predicted molar refractivity (Wildman–Crippen MR) is 130 cm³/mol. The smallest absolute Gasteiger partial charge is 0.119 e. The highest BCUT2D eigenvalue weighted by Gasteiger charge is 2.15. The molecule has 0 aliphatic heterocycles. The molecule has 2 atom stereocenters. The Hall–Kier alpha value is -1.76. The summed E-state index contributed by atoms with van der Waals surface area (Å²) in [4.78, 5) is 0. The second-order valence-electron chi connectivity index (χ2n) is 9.59. The van der Waals surface area contributed by atoms with Crippen molar-refractivity contribution in [3.05, 3.63) is 65.2 Å². The molecule has 2 aromatic rings. The topological polar surface area (TPSA) is 9.23 Å². The van der Waals surface area contributed by atoms with Gasteiger partial charge in [-0.3, -0.25) is 0 Å². The second kappa shape index (κ2) is 12.2. The summed E-state index contributed by atoms with van der Waals surface area (Å²) in [5.41, 5.74) is 4.45. The van der Waals surface area contributed by atoms with Crippen LogP contribution in [0.5, 0.6) is 5.75 Å². The summed E-state index contributed by atoms with van der Waals surface area (Å²) in [5, 5.41) is 0. The van der Waals surface area contributed by atoms with Crippen LogP contribution >= 0.6 is 0 Å².